The summed E-state index contributed by atoms with van der Waals surface area (Å²) in [6, 6.07) is 7.80. The number of carboxylic acid groups (broad SMARTS) is 1. The Hall–Kier alpha value is -2.04. The minimum absolute atomic E-state index is 0.183. The van der Waals surface area contributed by atoms with Crippen molar-refractivity contribution in [1.82, 2.24) is 4.90 Å². The van der Waals surface area contributed by atoms with Crippen LogP contribution in [0.15, 0.2) is 24.3 Å². The number of aryl methyl sites for hydroxylation is 1. The number of benzene rings is 1. The summed E-state index contributed by atoms with van der Waals surface area (Å²) in [4.78, 5) is 25.2. The molecule has 2 atom stereocenters. The zero-order valence-corrected chi connectivity index (χ0v) is 13.5. The highest BCUT2D eigenvalue weighted by Crippen LogP contribution is 2.34. The van der Waals surface area contributed by atoms with Gasteiger partial charge in [-0.05, 0) is 33.3 Å². The van der Waals surface area contributed by atoms with Crippen LogP contribution in [0, 0.1) is 12.8 Å². The van der Waals surface area contributed by atoms with Gasteiger partial charge in [-0.1, -0.05) is 29.8 Å². The molecule has 0 radical (unpaired) electrons. The standard InChI is InChI=1S/C17H23NO4/c1-11-6-5-7-12(8-11)13-9-18(10-14(13)15(19)20)16(21)22-17(2,3)4/h5-8,13-14H,9-10H2,1-4H3,(H,19,20). The lowest BCUT2D eigenvalue weighted by atomic mass is 9.88. The van der Waals surface area contributed by atoms with E-state index in [-0.39, 0.29) is 12.5 Å². The summed E-state index contributed by atoms with van der Waals surface area (Å²) in [6.07, 6.45) is -0.450. The largest absolute Gasteiger partial charge is 0.481 e. The predicted molar refractivity (Wildman–Crippen MR) is 82.9 cm³/mol. The lowest BCUT2D eigenvalue weighted by Gasteiger charge is -2.24. The second kappa shape index (κ2) is 5.99. The molecule has 2 unspecified atom stereocenters. The van der Waals surface area contributed by atoms with Gasteiger partial charge in [-0.3, -0.25) is 4.79 Å². The van der Waals surface area contributed by atoms with Crippen molar-refractivity contribution in [1.29, 1.82) is 0 Å². The summed E-state index contributed by atoms with van der Waals surface area (Å²) in [5.41, 5.74) is 1.45. The number of ether oxygens (including phenoxy) is 1. The van der Waals surface area contributed by atoms with Gasteiger partial charge >= 0.3 is 12.1 Å². The molecule has 0 spiro atoms. The van der Waals surface area contributed by atoms with Crippen LogP contribution in [0.5, 0.6) is 0 Å². The number of carbonyl (C=O) groups is 2. The number of hydrogen-bond acceptors (Lipinski definition) is 3. The predicted octanol–water partition coefficient (Wildman–Crippen LogP) is 3.03. The average molecular weight is 305 g/mol. The summed E-state index contributed by atoms with van der Waals surface area (Å²) >= 11 is 0. The molecular formula is C17H23NO4. The van der Waals surface area contributed by atoms with Crippen molar-refractivity contribution in [3.63, 3.8) is 0 Å². The van der Waals surface area contributed by atoms with E-state index in [9.17, 15) is 14.7 Å². The van der Waals surface area contributed by atoms with Gasteiger partial charge < -0.3 is 14.7 Å². The molecule has 1 heterocycles. The highest BCUT2D eigenvalue weighted by atomic mass is 16.6. The number of likely N-dealkylation sites (tertiary alicyclic amines) is 1. The molecule has 0 aromatic heterocycles. The second-order valence-electron chi connectivity index (χ2n) is 6.85. The summed E-state index contributed by atoms with van der Waals surface area (Å²) < 4.78 is 5.35. The Morgan fingerprint density at radius 1 is 1.27 bits per heavy atom. The lowest BCUT2D eigenvalue weighted by molar-refractivity contribution is -0.141. The Labute approximate surface area is 130 Å². The van der Waals surface area contributed by atoms with Crippen LogP contribution >= 0.6 is 0 Å². The molecule has 1 amide bonds. The highest BCUT2D eigenvalue weighted by molar-refractivity contribution is 5.76. The third kappa shape index (κ3) is 3.78. The van der Waals surface area contributed by atoms with Gasteiger partial charge in [0.2, 0.25) is 0 Å². The molecule has 2 rings (SSSR count). The fourth-order valence-corrected chi connectivity index (χ4v) is 2.77. The molecule has 0 bridgehead atoms. The number of hydrogen-bond donors (Lipinski definition) is 1. The van der Waals surface area contributed by atoms with Crippen molar-refractivity contribution in [2.75, 3.05) is 13.1 Å². The maximum atomic E-state index is 12.2. The third-order valence-electron chi connectivity index (χ3n) is 3.76. The minimum Gasteiger partial charge on any atom is -0.481 e. The van der Waals surface area contributed by atoms with E-state index in [0.717, 1.165) is 11.1 Å². The van der Waals surface area contributed by atoms with Gasteiger partial charge in [0.25, 0.3) is 0 Å². The molecule has 1 fully saturated rings. The number of rotatable bonds is 2. The van der Waals surface area contributed by atoms with Crippen LogP contribution < -0.4 is 0 Å². The molecule has 1 saturated heterocycles. The van der Waals surface area contributed by atoms with Gasteiger partial charge in [0.15, 0.2) is 0 Å². The normalized spacial score (nSPS) is 21.7. The smallest absolute Gasteiger partial charge is 0.410 e. The summed E-state index contributed by atoms with van der Waals surface area (Å²) in [5, 5.41) is 9.47. The molecule has 5 nitrogen and oxygen atoms in total. The van der Waals surface area contributed by atoms with Crippen molar-refractivity contribution in [2.24, 2.45) is 5.92 Å². The average Bonchev–Trinajstić information content (AvgIpc) is 2.82. The molecular weight excluding hydrogens is 282 g/mol. The summed E-state index contributed by atoms with van der Waals surface area (Å²) in [5.74, 6) is -1.68. The van der Waals surface area contributed by atoms with Crippen LogP contribution in [0.1, 0.15) is 37.8 Å². The van der Waals surface area contributed by atoms with Crippen molar-refractivity contribution in [2.45, 2.75) is 39.2 Å². The summed E-state index contributed by atoms with van der Waals surface area (Å²) in [6.45, 7) is 7.92. The second-order valence-corrected chi connectivity index (χ2v) is 6.85. The monoisotopic (exact) mass is 305 g/mol. The van der Waals surface area contributed by atoms with Crippen LogP contribution in [0.2, 0.25) is 0 Å². The van der Waals surface area contributed by atoms with Crippen LogP contribution in [0.25, 0.3) is 0 Å². The van der Waals surface area contributed by atoms with E-state index >= 15 is 0 Å². The van der Waals surface area contributed by atoms with E-state index in [4.69, 9.17) is 4.74 Å². The Morgan fingerprint density at radius 3 is 2.50 bits per heavy atom. The topological polar surface area (TPSA) is 66.8 Å². The zero-order chi connectivity index (χ0) is 16.5. The minimum atomic E-state index is -0.877. The molecule has 5 heteroatoms. The van der Waals surface area contributed by atoms with Crippen molar-refractivity contribution < 1.29 is 19.4 Å². The number of aliphatic carboxylic acids is 1. The Balaban J connectivity index is 2.20. The first kappa shape index (κ1) is 16.3. The van der Waals surface area contributed by atoms with Crippen molar-refractivity contribution in [3.8, 4) is 0 Å². The molecule has 1 N–H and O–H groups in total. The Kier molecular flexibility index (Phi) is 4.44. The van der Waals surface area contributed by atoms with Gasteiger partial charge in [-0.2, -0.15) is 0 Å². The van der Waals surface area contributed by atoms with E-state index < -0.39 is 23.6 Å². The molecule has 0 saturated carbocycles. The first-order valence-electron chi connectivity index (χ1n) is 7.44. The number of nitrogens with zero attached hydrogens (tertiary/aromatic N) is 1. The van der Waals surface area contributed by atoms with Gasteiger partial charge in [0, 0.05) is 19.0 Å². The fourth-order valence-electron chi connectivity index (χ4n) is 2.77. The zero-order valence-electron chi connectivity index (χ0n) is 13.5. The van der Waals surface area contributed by atoms with Crippen molar-refractivity contribution >= 4 is 12.1 Å². The van der Waals surface area contributed by atoms with Crippen molar-refractivity contribution in [3.05, 3.63) is 35.4 Å². The Bertz CT molecular complexity index is 576. The first-order chi connectivity index (χ1) is 10.2. The summed E-state index contributed by atoms with van der Waals surface area (Å²) in [7, 11) is 0. The molecule has 1 aromatic carbocycles. The van der Waals surface area contributed by atoms with Gasteiger partial charge in [0.1, 0.15) is 5.60 Å². The SMILES string of the molecule is Cc1cccc(C2CN(C(=O)OC(C)(C)C)CC2C(=O)O)c1. The number of amides is 1. The molecule has 1 aromatic rings. The van der Waals surface area contributed by atoms with Gasteiger partial charge in [-0.15, -0.1) is 0 Å². The molecule has 1 aliphatic rings. The number of carbonyl (C=O) groups excluding carboxylic acids is 1. The van der Waals surface area contributed by atoms with Gasteiger partial charge in [0.05, 0.1) is 5.92 Å². The van der Waals surface area contributed by atoms with Crippen LogP contribution in [-0.4, -0.2) is 40.8 Å². The van der Waals surface area contributed by atoms with E-state index in [2.05, 4.69) is 0 Å². The van der Waals surface area contributed by atoms with Crippen LogP contribution in [-0.2, 0) is 9.53 Å². The lowest BCUT2D eigenvalue weighted by Crippen LogP contribution is -2.35. The van der Waals surface area contributed by atoms with E-state index in [1.165, 1.54) is 4.90 Å². The first-order valence-corrected chi connectivity index (χ1v) is 7.44. The van der Waals surface area contributed by atoms with E-state index in [0.29, 0.717) is 6.54 Å². The maximum absolute atomic E-state index is 12.2. The molecule has 22 heavy (non-hydrogen) atoms. The molecule has 0 aliphatic carbocycles. The maximum Gasteiger partial charge on any atom is 0.410 e. The quantitative estimate of drug-likeness (QED) is 0.912. The third-order valence-corrected chi connectivity index (χ3v) is 3.76. The van der Waals surface area contributed by atoms with E-state index in [1.54, 1.807) is 20.8 Å². The van der Waals surface area contributed by atoms with Crippen LogP contribution in [0.3, 0.4) is 0 Å². The highest BCUT2D eigenvalue weighted by Gasteiger charge is 2.41. The number of carboxylic acids is 1. The Morgan fingerprint density at radius 2 is 1.95 bits per heavy atom. The fraction of sp³-hybridized carbons (Fsp3) is 0.529. The van der Waals surface area contributed by atoms with Gasteiger partial charge in [-0.25, -0.2) is 4.79 Å². The molecule has 1 aliphatic heterocycles. The van der Waals surface area contributed by atoms with E-state index in [1.807, 2.05) is 31.2 Å². The van der Waals surface area contributed by atoms with Crippen LogP contribution in [0.4, 0.5) is 4.79 Å². The molecule has 120 valence electrons.